The third-order valence-electron chi connectivity index (χ3n) is 2.81. The van der Waals surface area contributed by atoms with Gasteiger partial charge in [0, 0.05) is 18.7 Å². The minimum atomic E-state index is -2.36. The highest BCUT2D eigenvalue weighted by molar-refractivity contribution is 5.94. The summed E-state index contributed by atoms with van der Waals surface area (Å²) in [4.78, 5) is 13.2. The summed E-state index contributed by atoms with van der Waals surface area (Å²) in [6.45, 7) is 0.215. The molecule has 0 spiro atoms. The van der Waals surface area contributed by atoms with Gasteiger partial charge in [-0.05, 0) is 24.3 Å². The molecule has 1 aromatic carbocycles. The Balaban J connectivity index is 2.00. The number of hydrogen-bond donors (Lipinski definition) is 0. The molecule has 0 bridgehead atoms. The molecule has 3 nitrogen and oxygen atoms in total. The molecule has 2 rings (SSSR count). The van der Waals surface area contributed by atoms with Gasteiger partial charge in [0.2, 0.25) is 6.43 Å². The third kappa shape index (κ3) is 2.26. The molecule has 0 atom stereocenters. The molecule has 1 aliphatic heterocycles. The Morgan fingerprint density at radius 2 is 1.94 bits per heavy atom. The third-order valence-corrected chi connectivity index (χ3v) is 2.81. The normalized spacial score (nSPS) is 15.5. The predicted octanol–water partition coefficient (Wildman–Crippen LogP) is 1.90. The fourth-order valence-corrected chi connectivity index (χ4v) is 1.71. The lowest BCUT2D eigenvalue weighted by Crippen LogP contribution is -2.52. The maximum Gasteiger partial charge on any atom is 0.253 e. The maximum absolute atomic E-state index is 12.2. The first-order chi connectivity index (χ1) is 8.11. The first-order valence-electron chi connectivity index (χ1n) is 5.19. The average Bonchev–Trinajstić information content (AvgIpc) is 2.26. The van der Waals surface area contributed by atoms with E-state index in [4.69, 9.17) is 5.26 Å². The minimum absolute atomic E-state index is 0.108. The lowest BCUT2D eigenvalue weighted by molar-refractivity contribution is -0.0152. The fraction of sp³-hybridized carbons (Fsp3) is 0.333. The molecule has 1 fully saturated rings. The highest BCUT2D eigenvalue weighted by Crippen LogP contribution is 2.24. The van der Waals surface area contributed by atoms with Gasteiger partial charge >= 0.3 is 0 Å². The van der Waals surface area contributed by atoms with Crippen LogP contribution in [0.5, 0.6) is 0 Å². The van der Waals surface area contributed by atoms with Gasteiger partial charge in [-0.15, -0.1) is 0 Å². The molecule has 1 aliphatic rings. The SMILES string of the molecule is N#Cc1ccc(C(=O)N2CC(C(F)F)C2)cc1. The summed E-state index contributed by atoms with van der Waals surface area (Å²) in [6.07, 6.45) is -2.36. The fourth-order valence-electron chi connectivity index (χ4n) is 1.71. The number of rotatable bonds is 2. The number of likely N-dealkylation sites (tertiary alicyclic amines) is 1. The molecule has 0 radical (unpaired) electrons. The van der Waals surface area contributed by atoms with Crippen LogP contribution in [0.4, 0.5) is 8.78 Å². The number of nitriles is 1. The summed E-state index contributed by atoms with van der Waals surface area (Å²) in [7, 11) is 0. The van der Waals surface area contributed by atoms with Crippen molar-refractivity contribution in [3.8, 4) is 6.07 Å². The zero-order valence-electron chi connectivity index (χ0n) is 8.94. The van der Waals surface area contributed by atoms with Crippen molar-refractivity contribution in [3.05, 3.63) is 35.4 Å². The quantitative estimate of drug-likeness (QED) is 0.787. The summed E-state index contributed by atoms with van der Waals surface area (Å²) in [6, 6.07) is 8.10. The van der Waals surface area contributed by atoms with Crippen LogP contribution >= 0.6 is 0 Å². The molecule has 1 saturated heterocycles. The van der Waals surface area contributed by atoms with Crippen molar-refractivity contribution in [2.75, 3.05) is 13.1 Å². The molecule has 88 valence electrons. The Bertz CT molecular complexity index is 458. The average molecular weight is 236 g/mol. The van der Waals surface area contributed by atoms with Gasteiger partial charge in [0.25, 0.3) is 5.91 Å². The molecule has 0 aromatic heterocycles. The molecule has 5 heteroatoms. The van der Waals surface area contributed by atoms with Gasteiger partial charge in [0.15, 0.2) is 0 Å². The van der Waals surface area contributed by atoms with Crippen molar-refractivity contribution in [1.29, 1.82) is 5.26 Å². The van der Waals surface area contributed by atoms with Gasteiger partial charge in [-0.3, -0.25) is 4.79 Å². The van der Waals surface area contributed by atoms with E-state index in [1.807, 2.05) is 6.07 Å². The molecule has 1 aromatic rings. The van der Waals surface area contributed by atoms with E-state index in [2.05, 4.69) is 0 Å². The Labute approximate surface area is 97.3 Å². The molecule has 17 heavy (non-hydrogen) atoms. The highest BCUT2D eigenvalue weighted by atomic mass is 19.3. The van der Waals surface area contributed by atoms with Crippen LogP contribution in [0, 0.1) is 17.2 Å². The lowest BCUT2D eigenvalue weighted by Gasteiger charge is -2.38. The van der Waals surface area contributed by atoms with Crippen molar-refractivity contribution in [3.63, 3.8) is 0 Å². The van der Waals surface area contributed by atoms with Crippen LogP contribution in [-0.2, 0) is 0 Å². The number of hydrogen-bond acceptors (Lipinski definition) is 2. The summed E-state index contributed by atoms with van der Waals surface area (Å²) >= 11 is 0. The second kappa shape index (κ2) is 4.50. The van der Waals surface area contributed by atoms with E-state index in [0.717, 1.165) is 0 Å². The highest BCUT2D eigenvalue weighted by Gasteiger charge is 2.36. The van der Waals surface area contributed by atoms with Gasteiger partial charge in [0.05, 0.1) is 17.6 Å². The van der Waals surface area contributed by atoms with E-state index >= 15 is 0 Å². The molecule has 1 amide bonds. The zero-order chi connectivity index (χ0) is 12.4. The summed E-state index contributed by atoms with van der Waals surface area (Å²) < 4.78 is 24.5. The van der Waals surface area contributed by atoms with E-state index in [-0.39, 0.29) is 19.0 Å². The zero-order valence-corrected chi connectivity index (χ0v) is 8.94. The summed E-state index contributed by atoms with van der Waals surface area (Å²) in [5.74, 6) is -0.955. The monoisotopic (exact) mass is 236 g/mol. The number of alkyl halides is 2. The molecular formula is C12H10F2N2O. The van der Waals surface area contributed by atoms with Crippen molar-refractivity contribution in [2.24, 2.45) is 5.92 Å². The molecule has 0 saturated carbocycles. The van der Waals surface area contributed by atoms with Crippen LogP contribution in [-0.4, -0.2) is 30.3 Å². The van der Waals surface area contributed by atoms with E-state index in [1.54, 1.807) is 0 Å². The van der Waals surface area contributed by atoms with Gasteiger partial charge in [0.1, 0.15) is 0 Å². The van der Waals surface area contributed by atoms with Gasteiger partial charge in [-0.2, -0.15) is 5.26 Å². The number of amides is 1. The standard InChI is InChI=1S/C12H10F2N2O/c13-11(14)10-6-16(7-10)12(17)9-3-1-8(5-15)2-4-9/h1-4,10-11H,6-7H2. The number of benzene rings is 1. The first-order valence-corrected chi connectivity index (χ1v) is 5.19. The smallest absolute Gasteiger partial charge is 0.253 e. The van der Waals surface area contributed by atoms with E-state index < -0.39 is 12.3 Å². The largest absolute Gasteiger partial charge is 0.338 e. The Morgan fingerprint density at radius 3 is 2.41 bits per heavy atom. The lowest BCUT2D eigenvalue weighted by atomic mass is 9.99. The predicted molar refractivity (Wildman–Crippen MR) is 56.6 cm³/mol. The van der Waals surface area contributed by atoms with Crippen LogP contribution < -0.4 is 0 Å². The number of carbonyl (C=O) groups excluding carboxylic acids is 1. The maximum atomic E-state index is 12.2. The van der Waals surface area contributed by atoms with Crippen molar-refractivity contribution < 1.29 is 13.6 Å². The molecular weight excluding hydrogens is 226 g/mol. The Morgan fingerprint density at radius 1 is 1.35 bits per heavy atom. The van der Waals surface area contributed by atoms with Crippen molar-refractivity contribution >= 4 is 5.91 Å². The van der Waals surface area contributed by atoms with E-state index in [9.17, 15) is 13.6 Å². The Hall–Kier alpha value is -1.96. The van der Waals surface area contributed by atoms with Crippen LogP contribution in [0.15, 0.2) is 24.3 Å². The number of carbonyl (C=O) groups is 1. The van der Waals surface area contributed by atoms with Gasteiger partial charge < -0.3 is 4.90 Å². The summed E-state index contributed by atoms with van der Waals surface area (Å²) in [5.41, 5.74) is 0.896. The van der Waals surface area contributed by atoms with Crippen LogP contribution in [0.3, 0.4) is 0 Å². The van der Waals surface area contributed by atoms with Crippen molar-refractivity contribution in [1.82, 2.24) is 4.90 Å². The van der Waals surface area contributed by atoms with Gasteiger partial charge in [-0.25, -0.2) is 8.78 Å². The minimum Gasteiger partial charge on any atom is -0.338 e. The summed E-state index contributed by atoms with van der Waals surface area (Å²) in [5, 5.41) is 8.60. The molecule has 0 N–H and O–H groups in total. The topological polar surface area (TPSA) is 44.1 Å². The second-order valence-electron chi connectivity index (χ2n) is 3.99. The number of halogens is 2. The second-order valence-corrected chi connectivity index (χ2v) is 3.99. The molecule has 0 unspecified atom stereocenters. The van der Waals surface area contributed by atoms with Crippen LogP contribution in [0.25, 0.3) is 0 Å². The van der Waals surface area contributed by atoms with Crippen molar-refractivity contribution in [2.45, 2.75) is 6.43 Å². The van der Waals surface area contributed by atoms with Gasteiger partial charge in [-0.1, -0.05) is 0 Å². The number of nitrogens with zero attached hydrogens (tertiary/aromatic N) is 2. The Kier molecular flexibility index (Phi) is 3.05. The first kappa shape index (κ1) is 11.5. The molecule has 1 heterocycles. The van der Waals surface area contributed by atoms with Crippen LogP contribution in [0.1, 0.15) is 15.9 Å². The molecule has 0 aliphatic carbocycles. The van der Waals surface area contributed by atoms with E-state index in [0.29, 0.717) is 11.1 Å². The van der Waals surface area contributed by atoms with Crippen LogP contribution in [0.2, 0.25) is 0 Å². The van der Waals surface area contributed by atoms with E-state index in [1.165, 1.54) is 29.2 Å².